The van der Waals surface area contributed by atoms with Gasteiger partial charge in [-0.15, -0.1) is 0 Å². The van der Waals surface area contributed by atoms with Crippen LogP contribution in [0, 0.1) is 0 Å². The number of hydrogen-bond donors (Lipinski definition) is 11. The van der Waals surface area contributed by atoms with Gasteiger partial charge in [-0.25, -0.2) is 33.8 Å². The van der Waals surface area contributed by atoms with E-state index in [0.717, 1.165) is 10.9 Å². The van der Waals surface area contributed by atoms with E-state index in [1.165, 1.54) is 36.5 Å². The molecule has 38 heteroatoms. The van der Waals surface area contributed by atoms with Crippen molar-refractivity contribution in [2.24, 2.45) is 0 Å². The third-order valence-corrected chi connectivity index (χ3v) is 16.8. The van der Waals surface area contributed by atoms with Crippen LogP contribution in [-0.2, 0) is 47.5 Å². The number of H-pyrrole nitrogens is 2. The number of methoxy groups -OCH3 is 1. The van der Waals surface area contributed by atoms with Gasteiger partial charge in [-0.1, -0.05) is 23.7 Å². The first kappa shape index (κ1) is 56.4. The fourth-order valence-corrected chi connectivity index (χ4v) is 12.3. The Labute approximate surface area is 452 Å². The van der Waals surface area contributed by atoms with E-state index in [-0.39, 0.29) is 59.8 Å². The first-order valence-electron chi connectivity index (χ1n) is 23.0. The molecule has 12 unspecified atom stereocenters. The van der Waals surface area contributed by atoms with Gasteiger partial charge in [-0.05, 0) is 36.4 Å². The van der Waals surface area contributed by atoms with Crippen molar-refractivity contribution in [2.75, 3.05) is 50.8 Å². The lowest BCUT2D eigenvalue weighted by atomic mass is 10.1. The first-order chi connectivity index (χ1) is 37.9. The molecule has 2 aliphatic rings. The SMILES string of the molecule is CNc1ncnc2c1ncn2C1OC(COP(O)OP(O)OP(O)c2ccc(-c3nc4nc(N)[nH]c(=O)c4n3CCOc3ccc(Cl)cc3)cc2)C(OP(=O)(O)OCC2OC(n3cnc4c(=O)[nH]c(N)nc43)C(O)C2O)C1OC.[HH]. The van der Waals surface area contributed by atoms with Crippen LogP contribution in [0.15, 0.2) is 77.1 Å². The number of phosphoric acid groups is 1. The zero-order chi connectivity index (χ0) is 55.9. The molecule has 79 heavy (non-hydrogen) atoms. The van der Waals surface area contributed by atoms with Crippen LogP contribution < -0.4 is 37.9 Å². The fraction of sp³-hybridized carbons (Fsp3) is 0.341. The number of aromatic amines is 2. The molecule has 8 heterocycles. The van der Waals surface area contributed by atoms with Crippen molar-refractivity contribution in [2.45, 2.75) is 55.6 Å². The minimum atomic E-state index is -5.24. The van der Waals surface area contributed by atoms with Crippen LogP contribution in [0.25, 0.3) is 44.9 Å². The average molecular weight is 1200 g/mol. The highest BCUT2D eigenvalue weighted by molar-refractivity contribution is 7.65. The predicted octanol–water partition coefficient (Wildman–Crippen LogP) is 1.40. The van der Waals surface area contributed by atoms with Gasteiger partial charge in [-0.2, -0.15) is 9.97 Å². The molecule has 0 bridgehead atoms. The lowest BCUT2D eigenvalue weighted by molar-refractivity contribution is -0.0580. The molecule has 33 nitrogen and oxygen atoms in total. The molecule has 10 rings (SSSR count). The average Bonchev–Trinajstić information content (AvgIpc) is 4.39. The second-order valence-electron chi connectivity index (χ2n) is 17.0. The van der Waals surface area contributed by atoms with Gasteiger partial charge in [0.1, 0.15) is 66.6 Å². The Bertz CT molecular complexity index is 3650. The van der Waals surface area contributed by atoms with E-state index in [4.69, 9.17) is 64.2 Å². The molecule has 6 aromatic heterocycles. The molecule has 2 aliphatic heterocycles. The summed E-state index contributed by atoms with van der Waals surface area (Å²) in [5, 5.41) is 25.5. The number of nitrogens with two attached hydrogens (primary N) is 2. The number of nitrogen functional groups attached to an aromatic ring is 2. The summed E-state index contributed by atoms with van der Waals surface area (Å²) in [5.41, 5.74) is 11.3. The monoisotopic (exact) mass is 1200 g/mol. The van der Waals surface area contributed by atoms with Crippen molar-refractivity contribution in [1.29, 1.82) is 0 Å². The third kappa shape index (κ3) is 12.0. The van der Waals surface area contributed by atoms with Crippen LogP contribution in [0.1, 0.15) is 13.9 Å². The summed E-state index contributed by atoms with van der Waals surface area (Å²) in [5.74, 6) is 0.820. The summed E-state index contributed by atoms with van der Waals surface area (Å²) >= 11 is 6.00. The Hall–Kier alpha value is -5.86. The molecule has 13 N–H and O–H groups in total. The summed E-state index contributed by atoms with van der Waals surface area (Å²) in [7, 11) is -11.0. The molecule has 0 amide bonds. The number of benzene rings is 2. The predicted molar refractivity (Wildman–Crippen MR) is 281 cm³/mol. The van der Waals surface area contributed by atoms with Crippen LogP contribution in [-0.4, -0.2) is 159 Å². The molecule has 0 saturated carbocycles. The maximum absolute atomic E-state index is 13.8. The molecule has 0 spiro atoms. The standard InChI is InChI=1S/C41H46ClN15O18P4.H2/c1-45-31-24-34(47-15-46-31)56(16-48-24)39-30(67-2)29(73-79(65,66)70-14-22-27(58)28(59)38(71-22)57-17-49-25-35(57)52-41(44)53-36(25)60)23(72-39)13-69-77(63)75-78(64)74-76(62)21-9-3-18(4-10-21)33-50-32-26(37(61)54-40(43)51-32)55(33)11-12-68-20-7-5-19(42)6-8-20;/h3-10,15-17,22-23,27-30,38-39,58-59,62-64H,11-14H2,1-2H3,(H,65,66)(H,45,46,47)(H3,43,51,54,61)(H3,44,52,53,60);1H. The highest BCUT2D eigenvalue weighted by atomic mass is 35.5. The number of rotatable bonds is 22. The van der Waals surface area contributed by atoms with Gasteiger partial charge < -0.3 is 74.6 Å². The minimum Gasteiger partial charge on any atom is -0.492 e. The molecule has 2 fully saturated rings. The zero-order valence-corrected chi connectivity index (χ0v) is 45.0. The third-order valence-electron chi connectivity index (χ3n) is 12.2. The quantitative estimate of drug-likeness (QED) is 0.0427. The van der Waals surface area contributed by atoms with Gasteiger partial charge in [0.05, 0.1) is 32.4 Å². The Kier molecular flexibility index (Phi) is 16.9. The van der Waals surface area contributed by atoms with Crippen LogP contribution in [0.3, 0.4) is 0 Å². The number of aliphatic hydroxyl groups excluding tert-OH is 2. The van der Waals surface area contributed by atoms with Crippen molar-refractivity contribution >= 4 is 102 Å². The van der Waals surface area contributed by atoms with Gasteiger partial charge in [-0.3, -0.25) is 42.0 Å². The molecular weight excluding hydrogens is 1150 g/mol. The van der Waals surface area contributed by atoms with E-state index < -0.39 is 107 Å². The van der Waals surface area contributed by atoms with Gasteiger partial charge in [0.2, 0.25) is 20.3 Å². The number of imidazole rings is 3. The number of ether oxygens (including phenoxy) is 4. The summed E-state index contributed by atoms with van der Waals surface area (Å²) in [6, 6.07) is 12.8. The summed E-state index contributed by atoms with van der Waals surface area (Å²) < 4.78 is 68.7. The highest BCUT2D eigenvalue weighted by Gasteiger charge is 2.52. The molecule has 2 saturated heterocycles. The Morgan fingerprint density at radius 1 is 0.823 bits per heavy atom. The fourth-order valence-electron chi connectivity index (χ4n) is 8.61. The van der Waals surface area contributed by atoms with Gasteiger partial charge in [0, 0.05) is 31.5 Å². The van der Waals surface area contributed by atoms with E-state index in [1.54, 1.807) is 48.0 Å². The smallest absolute Gasteiger partial charge is 0.472 e. The molecule has 422 valence electrons. The van der Waals surface area contributed by atoms with E-state index in [2.05, 4.69) is 50.2 Å². The van der Waals surface area contributed by atoms with Crippen molar-refractivity contribution in [3.8, 4) is 17.1 Å². The number of fused-ring (bicyclic) bond motifs is 3. The van der Waals surface area contributed by atoms with E-state index in [9.17, 15) is 43.9 Å². The van der Waals surface area contributed by atoms with Crippen LogP contribution >= 0.6 is 45.0 Å². The number of halogens is 1. The molecule has 2 aromatic carbocycles. The molecular formula is C41H48ClN15O18P4. The van der Waals surface area contributed by atoms with Crippen LogP contribution in [0.4, 0.5) is 17.7 Å². The van der Waals surface area contributed by atoms with Crippen LogP contribution in [0.2, 0.25) is 5.02 Å². The second-order valence-corrected chi connectivity index (χ2v) is 22.4. The number of nitrogens with zero attached hydrogens (tertiary/aromatic N) is 10. The number of aromatic nitrogens is 12. The first-order valence-corrected chi connectivity index (χ1v) is 28.4. The molecule has 12 atom stereocenters. The van der Waals surface area contributed by atoms with Gasteiger partial charge in [0.15, 0.2) is 46.2 Å². The van der Waals surface area contributed by atoms with E-state index >= 15 is 0 Å². The van der Waals surface area contributed by atoms with E-state index in [0.29, 0.717) is 33.5 Å². The van der Waals surface area contributed by atoms with Crippen molar-refractivity contribution in [3.05, 3.63) is 93.2 Å². The largest absolute Gasteiger partial charge is 0.492 e. The number of aliphatic hydroxyl groups is 2. The lowest BCUT2D eigenvalue weighted by Gasteiger charge is -2.26. The summed E-state index contributed by atoms with van der Waals surface area (Å²) in [6.45, 7) is -1.24. The summed E-state index contributed by atoms with van der Waals surface area (Å²) in [4.78, 5) is 104. The van der Waals surface area contributed by atoms with E-state index in [1.807, 2.05) is 0 Å². The van der Waals surface area contributed by atoms with Crippen LogP contribution in [0.5, 0.6) is 5.75 Å². The molecule has 0 radical (unpaired) electrons. The Morgan fingerprint density at radius 2 is 1.52 bits per heavy atom. The Morgan fingerprint density at radius 3 is 2.25 bits per heavy atom. The van der Waals surface area contributed by atoms with Crippen molar-refractivity contribution < 1.29 is 76.9 Å². The summed E-state index contributed by atoms with van der Waals surface area (Å²) in [6.07, 6.45) is -8.00. The number of hydrogen-bond acceptors (Lipinski definition) is 27. The van der Waals surface area contributed by atoms with Crippen molar-refractivity contribution in [1.82, 2.24) is 58.6 Å². The number of nitrogens with one attached hydrogen (secondary N) is 3. The zero-order valence-electron chi connectivity index (χ0n) is 40.7. The molecule has 0 aliphatic carbocycles. The lowest BCUT2D eigenvalue weighted by Crippen LogP contribution is -2.37. The highest BCUT2D eigenvalue weighted by Crippen LogP contribution is 2.57. The molecule has 8 aromatic rings. The Balaban J connectivity index is 0.00000774. The minimum absolute atomic E-state index is 0. The van der Waals surface area contributed by atoms with Gasteiger partial charge in [0.25, 0.3) is 11.1 Å². The normalized spacial score (nSPS) is 23.4. The maximum Gasteiger partial charge on any atom is 0.472 e. The van der Waals surface area contributed by atoms with Gasteiger partial charge >= 0.3 is 25.0 Å². The maximum atomic E-state index is 13.8. The second kappa shape index (κ2) is 23.7. The number of anilines is 3. The topological polar surface area (TPSA) is 456 Å². The van der Waals surface area contributed by atoms with Crippen molar-refractivity contribution in [3.63, 3.8) is 0 Å². The number of phosphoric ester groups is 1.